The van der Waals surface area contributed by atoms with Crippen LogP contribution in [-0.4, -0.2) is 20.9 Å². The fourth-order valence-electron chi connectivity index (χ4n) is 2.08. The maximum atomic E-state index is 11.2. The fourth-order valence-corrected chi connectivity index (χ4v) is 2.08. The van der Waals surface area contributed by atoms with Crippen LogP contribution in [0.25, 0.3) is 5.69 Å². The monoisotopic (exact) mass is 242 g/mol. The molecule has 92 valence electrons. The molecule has 1 aliphatic rings. The summed E-state index contributed by atoms with van der Waals surface area (Å²) in [6.07, 6.45) is 4.22. The molecule has 1 N–H and O–H groups in total. The first kappa shape index (κ1) is 11.0. The summed E-state index contributed by atoms with van der Waals surface area (Å²) >= 11 is 0. The topological polar surface area (TPSA) is 55.1 Å². The number of carbonyl (C=O) groups is 1. The van der Waals surface area contributed by atoms with E-state index in [-0.39, 0.29) is 5.56 Å². The predicted octanol–water partition coefficient (Wildman–Crippen LogP) is 2.76. The van der Waals surface area contributed by atoms with Crippen molar-refractivity contribution in [2.75, 3.05) is 0 Å². The number of benzene rings is 1. The van der Waals surface area contributed by atoms with Crippen molar-refractivity contribution < 1.29 is 9.90 Å². The lowest BCUT2D eigenvalue weighted by molar-refractivity contribution is 0.0696. The maximum absolute atomic E-state index is 11.2. The van der Waals surface area contributed by atoms with Crippen molar-refractivity contribution in [2.45, 2.75) is 25.7 Å². The van der Waals surface area contributed by atoms with E-state index in [1.54, 1.807) is 16.8 Å². The third-order valence-corrected chi connectivity index (χ3v) is 3.24. The second kappa shape index (κ2) is 3.98. The van der Waals surface area contributed by atoms with E-state index in [4.69, 9.17) is 0 Å². The van der Waals surface area contributed by atoms with Crippen LogP contribution in [-0.2, 0) is 0 Å². The van der Waals surface area contributed by atoms with E-state index in [1.165, 1.54) is 12.8 Å². The standard InChI is InChI=1S/C14H14N2O2/c1-9-2-5-11(14(17)18)13(8-9)16-7-6-12(15-16)10-3-4-10/h2,5-8,10H,3-4H2,1H3,(H,17,18). The minimum atomic E-state index is -0.923. The molecule has 3 rings (SSSR count). The Balaban J connectivity index is 2.07. The van der Waals surface area contributed by atoms with Gasteiger partial charge in [-0.05, 0) is 43.5 Å². The van der Waals surface area contributed by atoms with Gasteiger partial charge in [-0.3, -0.25) is 0 Å². The first-order chi connectivity index (χ1) is 8.65. The average molecular weight is 242 g/mol. The second-order valence-corrected chi connectivity index (χ2v) is 4.79. The Labute approximate surface area is 105 Å². The average Bonchev–Trinajstić information content (AvgIpc) is 3.07. The van der Waals surface area contributed by atoms with Crippen molar-refractivity contribution in [3.8, 4) is 5.69 Å². The first-order valence-corrected chi connectivity index (χ1v) is 6.05. The molecule has 1 saturated carbocycles. The van der Waals surface area contributed by atoms with Gasteiger partial charge < -0.3 is 5.11 Å². The molecule has 1 aliphatic carbocycles. The molecule has 4 heteroatoms. The van der Waals surface area contributed by atoms with Gasteiger partial charge in [0.05, 0.1) is 16.9 Å². The SMILES string of the molecule is Cc1ccc(C(=O)O)c(-n2ccc(C3CC3)n2)c1. The second-order valence-electron chi connectivity index (χ2n) is 4.79. The van der Waals surface area contributed by atoms with Gasteiger partial charge in [0.2, 0.25) is 0 Å². The van der Waals surface area contributed by atoms with Crippen molar-refractivity contribution in [2.24, 2.45) is 0 Å². The van der Waals surface area contributed by atoms with Gasteiger partial charge in [0.25, 0.3) is 0 Å². The van der Waals surface area contributed by atoms with E-state index in [9.17, 15) is 9.90 Å². The normalized spacial score (nSPS) is 14.7. The highest BCUT2D eigenvalue weighted by Crippen LogP contribution is 2.39. The minimum Gasteiger partial charge on any atom is -0.478 e. The number of rotatable bonds is 3. The van der Waals surface area contributed by atoms with Crippen molar-refractivity contribution >= 4 is 5.97 Å². The molecule has 0 amide bonds. The first-order valence-electron chi connectivity index (χ1n) is 6.05. The Morgan fingerprint density at radius 3 is 2.83 bits per heavy atom. The highest BCUT2D eigenvalue weighted by Gasteiger charge is 2.26. The maximum Gasteiger partial charge on any atom is 0.337 e. The zero-order chi connectivity index (χ0) is 12.7. The summed E-state index contributed by atoms with van der Waals surface area (Å²) in [5, 5.41) is 13.7. The molecule has 0 atom stereocenters. The Bertz CT molecular complexity index is 612. The molecule has 1 aromatic carbocycles. The smallest absolute Gasteiger partial charge is 0.337 e. The van der Waals surface area contributed by atoms with Crippen LogP contribution < -0.4 is 0 Å². The molecular weight excluding hydrogens is 228 g/mol. The van der Waals surface area contributed by atoms with Crippen molar-refractivity contribution in [1.82, 2.24) is 9.78 Å². The predicted molar refractivity (Wildman–Crippen MR) is 67.2 cm³/mol. The highest BCUT2D eigenvalue weighted by atomic mass is 16.4. The number of aryl methyl sites for hydroxylation is 1. The molecule has 0 spiro atoms. The summed E-state index contributed by atoms with van der Waals surface area (Å²) in [6, 6.07) is 7.27. The number of carboxylic acids is 1. The van der Waals surface area contributed by atoms with E-state index < -0.39 is 5.97 Å². The molecule has 0 bridgehead atoms. The van der Waals surface area contributed by atoms with Crippen molar-refractivity contribution in [3.05, 3.63) is 47.3 Å². The number of hydrogen-bond acceptors (Lipinski definition) is 2. The van der Waals surface area contributed by atoms with E-state index >= 15 is 0 Å². The van der Waals surface area contributed by atoms with Crippen LogP contribution in [0.15, 0.2) is 30.5 Å². The zero-order valence-corrected chi connectivity index (χ0v) is 10.1. The quantitative estimate of drug-likeness (QED) is 0.900. The van der Waals surface area contributed by atoms with Crippen LogP contribution in [0.4, 0.5) is 0 Å². The Morgan fingerprint density at radius 1 is 1.39 bits per heavy atom. The van der Waals surface area contributed by atoms with E-state index in [0.717, 1.165) is 11.3 Å². The molecule has 0 saturated heterocycles. The molecule has 1 heterocycles. The third kappa shape index (κ3) is 1.90. The third-order valence-electron chi connectivity index (χ3n) is 3.24. The number of aromatic nitrogens is 2. The highest BCUT2D eigenvalue weighted by molar-refractivity contribution is 5.92. The lowest BCUT2D eigenvalue weighted by atomic mass is 10.1. The van der Waals surface area contributed by atoms with Gasteiger partial charge in [-0.2, -0.15) is 5.10 Å². The molecule has 0 radical (unpaired) electrons. The van der Waals surface area contributed by atoms with E-state index in [1.807, 2.05) is 25.3 Å². The van der Waals surface area contributed by atoms with Gasteiger partial charge in [-0.15, -0.1) is 0 Å². The molecular formula is C14H14N2O2. The van der Waals surface area contributed by atoms with Gasteiger partial charge in [0.15, 0.2) is 0 Å². The zero-order valence-electron chi connectivity index (χ0n) is 10.1. The molecule has 4 nitrogen and oxygen atoms in total. The van der Waals surface area contributed by atoms with Gasteiger partial charge in [-0.1, -0.05) is 6.07 Å². The number of nitrogens with zero attached hydrogens (tertiary/aromatic N) is 2. The minimum absolute atomic E-state index is 0.283. The van der Waals surface area contributed by atoms with Crippen molar-refractivity contribution in [1.29, 1.82) is 0 Å². The Kier molecular flexibility index (Phi) is 2.44. The fraction of sp³-hybridized carbons (Fsp3) is 0.286. The van der Waals surface area contributed by atoms with E-state index in [0.29, 0.717) is 11.6 Å². The summed E-state index contributed by atoms with van der Waals surface area (Å²) < 4.78 is 1.67. The molecule has 0 aliphatic heterocycles. The summed E-state index contributed by atoms with van der Waals surface area (Å²) in [4.78, 5) is 11.2. The van der Waals surface area contributed by atoms with Gasteiger partial charge >= 0.3 is 5.97 Å². The Hall–Kier alpha value is -2.10. The van der Waals surface area contributed by atoms with E-state index in [2.05, 4.69) is 5.10 Å². The molecule has 0 unspecified atom stereocenters. The van der Waals surface area contributed by atoms with Gasteiger partial charge in [0, 0.05) is 12.1 Å². The van der Waals surface area contributed by atoms with Crippen molar-refractivity contribution in [3.63, 3.8) is 0 Å². The lowest BCUT2D eigenvalue weighted by Gasteiger charge is -2.07. The number of hydrogen-bond donors (Lipinski definition) is 1. The van der Waals surface area contributed by atoms with Crippen LogP contribution in [0.1, 0.15) is 40.4 Å². The molecule has 1 fully saturated rings. The number of carboxylic acid groups (broad SMARTS) is 1. The number of aromatic carboxylic acids is 1. The lowest BCUT2D eigenvalue weighted by Crippen LogP contribution is -2.06. The largest absolute Gasteiger partial charge is 0.478 e. The summed E-state index contributed by atoms with van der Waals surface area (Å²) in [5.74, 6) is -0.349. The van der Waals surface area contributed by atoms with Crippen LogP contribution in [0.3, 0.4) is 0 Å². The van der Waals surface area contributed by atoms with Crippen LogP contribution >= 0.6 is 0 Å². The van der Waals surface area contributed by atoms with Crippen LogP contribution in [0, 0.1) is 6.92 Å². The molecule has 1 aromatic heterocycles. The van der Waals surface area contributed by atoms with Gasteiger partial charge in [0.1, 0.15) is 0 Å². The summed E-state index contributed by atoms with van der Waals surface area (Å²) in [6.45, 7) is 1.94. The van der Waals surface area contributed by atoms with Crippen LogP contribution in [0.5, 0.6) is 0 Å². The van der Waals surface area contributed by atoms with Gasteiger partial charge in [-0.25, -0.2) is 9.48 Å². The molecule has 2 aromatic rings. The Morgan fingerprint density at radius 2 is 2.17 bits per heavy atom. The van der Waals surface area contributed by atoms with Crippen LogP contribution in [0.2, 0.25) is 0 Å². The summed E-state index contributed by atoms with van der Waals surface area (Å²) in [7, 11) is 0. The summed E-state index contributed by atoms with van der Waals surface area (Å²) in [5.41, 5.74) is 3.01. The molecule has 18 heavy (non-hydrogen) atoms.